The third-order valence-corrected chi connectivity index (χ3v) is 6.29. The average Bonchev–Trinajstić information content (AvgIpc) is 2.85. The van der Waals surface area contributed by atoms with Gasteiger partial charge in [-0.2, -0.15) is 0 Å². The lowest BCUT2D eigenvalue weighted by molar-refractivity contribution is -0.145. The second kappa shape index (κ2) is 16.7. The Hall–Kier alpha value is -3.14. The largest absolute Gasteiger partial charge is 0.508 e. The van der Waals surface area contributed by atoms with Gasteiger partial charge in [0.25, 0.3) is 0 Å². The van der Waals surface area contributed by atoms with Crippen molar-refractivity contribution in [1.29, 1.82) is 0 Å². The van der Waals surface area contributed by atoms with Crippen molar-refractivity contribution in [3.05, 3.63) is 23.8 Å². The van der Waals surface area contributed by atoms with Crippen molar-refractivity contribution in [2.45, 2.75) is 105 Å². The molecular weight excluding hydrogens is 506 g/mol. The Morgan fingerprint density at radius 1 is 0.897 bits per heavy atom. The van der Waals surface area contributed by atoms with Gasteiger partial charge in [-0.15, -0.1) is 0 Å². The highest BCUT2D eigenvalue weighted by Crippen LogP contribution is 2.32. The van der Waals surface area contributed by atoms with Crippen molar-refractivity contribution < 1.29 is 43.2 Å². The number of carboxylic acids is 1. The van der Waals surface area contributed by atoms with E-state index in [2.05, 4.69) is 0 Å². The van der Waals surface area contributed by atoms with E-state index in [0.29, 0.717) is 24.8 Å². The van der Waals surface area contributed by atoms with Crippen LogP contribution in [0.3, 0.4) is 0 Å². The third kappa shape index (κ3) is 11.6. The smallest absolute Gasteiger partial charge is 0.480 e. The monoisotopic (exact) mass is 551 g/mol. The Balaban J connectivity index is 3.18. The number of nitrogens with two attached hydrogens (primary N) is 1. The number of benzene rings is 1. The summed E-state index contributed by atoms with van der Waals surface area (Å²) in [5.74, 6) is -2.91. The molecule has 0 spiro atoms. The molecular formula is C29H45NO9. The Morgan fingerprint density at radius 2 is 1.46 bits per heavy atom. The van der Waals surface area contributed by atoms with Gasteiger partial charge in [0.05, 0.1) is 18.4 Å². The molecule has 10 nitrogen and oxygen atoms in total. The van der Waals surface area contributed by atoms with Crippen LogP contribution < -0.4 is 15.2 Å². The van der Waals surface area contributed by atoms with Crippen molar-refractivity contribution >= 4 is 24.1 Å². The molecule has 1 aromatic rings. The number of carboxylic acid groups (broad SMARTS) is 1. The fraction of sp³-hybridized carbons (Fsp3) is 0.655. The van der Waals surface area contributed by atoms with Crippen molar-refractivity contribution in [3.8, 4) is 11.5 Å². The Labute approximate surface area is 231 Å². The number of hydrogen-bond acceptors (Lipinski definition) is 9. The second-order valence-corrected chi connectivity index (χ2v) is 10.2. The number of carbonyl (C=O) groups excluding carboxylic acids is 3. The summed E-state index contributed by atoms with van der Waals surface area (Å²) in [5, 5.41) is 9.93. The molecule has 39 heavy (non-hydrogen) atoms. The van der Waals surface area contributed by atoms with E-state index in [9.17, 15) is 24.3 Å². The summed E-state index contributed by atoms with van der Waals surface area (Å²) in [7, 11) is 0. The van der Waals surface area contributed by atoms with Crippen LogP contribution in [-0.2, 0) is 30.3 Å². The first-order valence-corrected chi connectivity index (χ1v) is 13.8. The van der Waals surface area contributed by atoms with Gasteiger partial charge in [0.15, 0.2) is 11.5 Å². The van der Waals surface area contributed by atoms with E-state index in [1.165, 1.54) is 19.1 Å². The van der Waals surface area contributed by atoms with Gasteiger partial charge in [-0.05, 0) is 43.9 Å². The van der Waals surface area contributed by atoms with Gasteiger partial charge >= 0.3 is 24.1 Å². The van der Waals surface area contributed by atoms with Crippen molar-refractivity contribution in [3.63, 3.8) is 0 Å². The topological polar surface area (TPSA) is 151 Å². The SMILES string of the molecule is CCCCOC(=O)O[C@@H](C)CC(N)(Cc1ccc(OC(=O)C(C)CCC)c(OC(=O)C(C)CCC)c1)C(=O)O. The van der Waals surface area contributed by atoms with Crippen molar-refractivity contribution in [2.75, 3.05) is 6.61 Å². The van der Waals surface area contributed by atoms with Crippen LogP contribution in [0.15, 0.2) is 18.2 Å². The molecule has 3 N–H and O–H groups in total. The Kier molecular flexibility index (Phi) is 14.5. The maximum Gasteiger partial charge on any atom is 0.508 e. The van der Waals surface area contributed by atoms with Gasteiger partial charge in [0.1, 0.15) is 11.6 Å². The second-order valence-electron chi connectivity index (χ2n) is 10.2. The first-order valence-electron chi connectivity index (χ1n) is 13.8. The molecule has 220 valence electrons. The predicted molar refractivity (Wildman–Crippen MR) is 146 cm³/mol. The van der Waals surface area contributed by atoms with E-state index in [1.54, 1.807) is 19.9 Å². The number of carbonyl (C=O) groups is 4. The molecule has 0 aliphatic carbocycles. The molecule has 1 aromatic carbocycles. The first kappa shape index (κ1) is 33.9. The number of rotatable bonds is 17. The maximum atomic E-state index is 12.7. The molecule has 0 heterocycles. The summed E-state index contributed by atoms with van der Waals surface area (Å²) in [6.45, 7) is 11.1. The van der Waals surface area contributed by atoms with E-state index in [0.717, 1.165) is 19.3 Å². The van der Waals surface area contributed by atoms with E-state index in [1.807, 2.05) is 20.8 Å². The van der Waals surface area contributed by atoms with Crippen LogP contribution in [0.5, 0.6) is 11.5 Å². The van der Waals surface area contributed by atoms with Crippen LogP contribution in [0.4, 0.5) is 4.79 Å². The predicted octanol–water partition coefficient (Wildman–Crippen LogP) is 5.43. The minimum Gasteiger partial charge on any atom is -0.480 e. The molecule has 0 saturated carbocycles. The number of hydrogen-bond donors (Lipinski definition) is 2. The lowest BCUT2D eigenvalue weighted by atomic mass is 9.86. The quantitative estimate of drug-likeness (QED) is 0.146. The zero-order valence-electron chi connectivity index (χ0n) is 24.1. The van der Waals surface area contributed by atoms with Gasteiger partial charge in [0, 0.05) is 12.8 Å². The standard InChI is InChI=1S/C29H45NO9/c1-7-10-15-36-28(35)37-21(6)17-29(30,27(33)34)18-22-13-14-23(38-25(31)19(4)11-8-2)24(16-22)39-26(32)20(5)12-9-3/h13-14,16,19-21H,7-12,15,17-18,30H2,1-6H3,(H,33,34)/t19?,20?,21-,29?/m0/s1. The number of unbranched alkanes of at least 4 members (excludes halogenated alkanes) is 1. The Morgan fingerprint density at radius 3 is 1.97 bits per heavy atom. The van der Waals surface area contributed by atoms with E-state index < -0.39 is 35.7 Å². The molecule has 4 atom stereocenters. The minimum atomic E-state index is -1.81. The summed E-state index contributed by atoms with van der Waals surface area (Å²) in [5.41, 5.74) is 4.90. The molecule has 0 radical (unpaired) electrons. The molecule has 0 fully saturated rings. The van der Waals surface area contributed by atoms with Crippen LogP contribution in [0, 0.1) is 11.8 Å². The van der Waals surface area contributed by atoms with Crippen LogP contribution in [0.25, 0.3) is 0 Å². The zero-order chi connectivity index (χ0) is 29.6. The average molecular weight is 552 g/mol. The lowest BCUT2D eigenvalue weighted by Gasteiger charge is -2.28. The minimum absolute atomic E-state index is 0.00837. The van der Waals surface area contributed by atoms with E-state index >= 15 is 0 Å². The first-order chi connectivity index (χ1) is 18.4. The molecule has 10 heteroatoms. The highest BCUT2D eigenvalue weighted by Gasteiger charge is 2.37. The van der Waals surface area contributed by atoms with E-state index in [4.69, 9.17) is 24.7 Å². The molecule has 1 rings (SSSR count). The third-order valence-electron chi connectivity index (χ3n) is 6.29. The van der Waals surface area contributed by atoms with Crippen LogP contribution in [0.1, 0.15) is 92.1 Å². The molecule has 0 amide bonds. The number of aliphatic carboxylic acids is 1. The zero-order valence-corrected chi connectivity index (χ0v) is 24.1. The lowest BCUT2D eigenvalue weighted by Crippen LogP contribution is -2.52. The van der Waals surface area contributed by atoms with E-state index in [-0.39, 0.29) is 42.8 Å². The molecule has 0 bridgehead atoms. The maximum absolute atomic E-state index is 12.7. The number of esters is 2. The summed E-state index contributed by atoms with van der Waals surface area (Å²) < 4.78 is 21.3. The molecule has 0 saturated heterocycles. The molecule has 3 unspecified atom stereocenters. The highest BCUT2D eigenvalue weighted by molar-refractivity contribution is 5.80. The van der Waals surface area contributed by atoms with Crippen LogP contribution >= 0.6 is 0 Å². The number of ether oxygens (including phenoxy) is 4. The molecule has 0 aliphatic rings. The molecule has 0 aliphatic heterocycles. The highest BCUT2D eigenvalue weighted by atomic mass is 16.7. The fourth-order valence-corrected chi connectivity index (χ4v) is 4.00. The summed E-state index contributed by atoms with van der Waals surface area (Å²) in [6.07, 6.45) is 2.28. The van der Waals surface area contributed by atoms with Gasteiger partial charge < -0.3 is 29.8 Å². The van der Waals surface area contributed by atoms with Gasteiger partial charge in [-0.25, -0.2) is 4.79 Å². The van der Waals surface area contributed by atoms with Crippen LogP contribution in [0.2, 0.25) is 0 Å². The van der Waals surface area contributed by atoms with Crippen molar-refractivity contribution in [2.24, 2.45) is 17.6 Å². The molecule has 0 aromatic heterocycles. The fourth-order valence-electron chi connectivity index (χ4n) is 4.00. The van der Waals surface area contributed by atoms with Gasteiger partial charge in [-0.1, -0.05) is 59.9 Å². The van der Waals surface area contributed by atoms with Crippen LogP contribution in [-0.4, -0.2) is 47.4 Å². The normalized spacial score (nSPS) is 14.8. The van der Waals surface area contributed by atoms with Crippen molar-refractivity contribution in [1.82, 2.24) is 0 Å². The summed E-state index contributed by atoms with van der Waals surface area (Å²) >= 11 is 0. The Bertz CT molecular complexity index is 964. The summed E-state index contributed by atoms with van der Waals surface area (Å²) in [4.78, 5) is 49.3. The van der Waals surface area contributed by atoms with Gasteiger partial charge in [0.2, 0.25) is 0 Å². The van der Waals surface area contributed by atoms with Gasteiger partial charge in [-0.3, -0.25) is 14.4 Å². The summed E-state index contributed by atoms with van der Waals surface area (Å²) in [6, 6.07) is 4.49.